The summed E-state index contributed by atoms with van der Waals surface area (Å²) < 4.78 is 44.4. The number of rotatable bonds is 4. The molecule has 0 saturated heterocycles. The van der Waals surface area contributed by atoms with Crippen LogP contribution in [0.1, 0.15) is 23.0 Å². The van der Waals surface area contributed by atoms with Gasteiger partial charge in [-0.3, -0.25) is 14.1 Å². The lowest BCUT2D eigenvalue weighted by molar-refractivity contribution is -0.161. The summed E-state index contributed by atoms with van der Waals surface area (Å²) in [6, 6.07) is 10.7. The van der Waals surface area contributed by atoms with Crippen molar-refractivity contribution in [3.05, 3.63) is 79.0 Å². The zero-order valence-corrected chi connectivity index (χ0v) is 23.4. The van der Waals surface area contributed by atoms with Gasteiger partial charge in [0, 0.05) is 19.0 Å². The Balaban J connectivity index is 1.58. The maximum atomic E-state index is 13.7. The molecule has 0 aliphatic heterocycles. The van der Waals surface area contributed by atoms with Crippen LogP contribution in [0.25, 0.3) is 0 Å². The molecule has 0 spiro atoms. The van der Waals surface area contributed by atoms with Gasteiger partial charge in [0.25, 0.3) is 10.1 Å². The molecule has 0 heterocycles. The number of allylic oxidation sites excluding steroid dienone is 4. The monoisotopic (exact) mass is 718 g/mol. The van der Waals surface area contributed by atoms with Crippen molar-refractivity contribution < 1.29 is 32.0 Å². The van der Waals surface area contributed by atoms with Gasteiger partial charge in [0.05, 0.1) is 18.9 Å². The lowest BCUT2D eigenvalue weighted by Gasteiger charge is -2.54. The maximum absolute atomic E-state index is 13.7. The van der Waals surface area contributed by atoms with E-state index in [0.29, 0.717) is 0 Å². The van der Waals surface area contributed by atoms with Gasteiger partial charge >= 0.3 is 11.9 Å². The molecule has 1 fully saturated rings. The van der Waals surface area contributed by atoms with E-state index in [0.717, 1.165) is 11.1 Å². The van der Waals surface area contributed by atoms with E-state index in [-0.39, 0.29) is 41.5 Å². The Labute approximate surface area is 230 Å². The van der Waals surface area contributed by atoms with Crippen molar-refractivity contribution in [2.45, 2.75) is 16.7 Å². The predicted molar refractivity (Wildman–Crippen MR) is 144 cm³/mol. The molecule has 2 aromatic carbocycles. The van der Waals surface area contributed by atoms with Crippen LogP contribution in [0, 0.1) is 30.8 Å². The number of fused-ring (bicyclic) bond motifs is 1. The van der Waals surface area contributed by atoms with Gasteiger partial charge in [-0.2, -0.15) is 8.42 Å². The van der Waals surface area contributed by atoms with E-state index in [1.54, 1.807) is 45.2 Å². The zero-order valence-electron chi connectivity index (χ0n) is 18.3. The van der Waals surface area contributed by atoms with E-state index in [4.69, 9.17) is 9.47 Å². The topological polar surface area (TPSA) is 107 Å². The summed E-state index contributed by atoms with van der Waals surface area (Å²) in [6.45, 7) is 0. The van der Waals surface area contributed by atoms with Gasteiger partial charge in [-0.1, -0.05) is 48.6 Å². The Morgan fingerprint density at radius 1 is 0.886 bits per heavy atom. The lowest BCUT2D eigenvalue weighted by atomic mass is 9.48. The molecular formula is C25H20I2O7S. The van der Waals surface area contributed by atoms with Gasteiger partial charge in [-0.15, -0.1) is 0 Å². The summed E-state index contributed by atoms with van der Waals surface area (Å²) in [7, 11) is -3.11. The smallest absolute Gasteiger partial charge is 0.315 e. The van der Waals surface area contributed by atoms with Gasteiger partial charge in [-0.25, -0.2) is 0 Å². The number of methoxy groups -OCH3 is 1. The molecule has 182 valence electrons. The van der Waals surface area contributed by atoms with E-state index in [2.05, 4.69) is 12.2 Å². The minimum Gasteiger partial charge on any atom is -0.469 e. The van der Waals surface area contributed by atoms with Crippen molar-refractivity contribution in [2.75, 3.05) is 7.11 Å². The van der Waals surface area contributed by atoms with Crippen LogP contribution in [0.5, 0.6) is 5.75 Å². The summed E-state index contributed by atoms with van der Waals surface area (Å²) in [5, 5.41) is 0. The first-order chi connectivity index (χ1) is 16.6. The van der Waals surface area contributed by atoms with Crippen molar-refractivity contribution >= 4 is 67.2 Å². The second kappa shape index (κ2) is 9.27. The summed E-state index contributed by atoms with van der Waals surface area (Å²) in [4.78, 5) is 26.6. The number of esters is 2. The first-order valence-electron chi connectivity index (χ1n) is 10.8. The average Bonchev–Trinajstić information content (AvgIpc) is 2.81. The van der Waals surface area contributed by atoms with Crippen molar-refractivity contribution in [1.82, 2.24) is 0 Å². The number of hydrogen-bond acceptors (Lipinski definition) is 6. The summed E-state index contributed by atoms with van der Waals surface area (Å²) >= 11 is 3.55. The van der Waals surface area contributed by atoms with Crippen LogP contribution in [0.4, 0.5) is 0 Å². The molecule has 2 aromatic rings. The molecule has 1 N–H and O–H groups in total. The SMILES string of the molecule is COC(=O)C1C(C(=O)Oc2cc(I)c(S(=O)(=O)O)c(I)c2)C2c3ccccc3C1C1C=CC=CC12. The van der Waals surface area contributed by atoms with Crippen LogP contribution in [-0.2, 0) is 24.4 Å². The number of ether oxygens (including phenoxy) is 2. The minimum atomic E-state index is -4.44. The minimum absolute atomic E-state index is 0.0283. The van der Waals surface area contributed by atoms with Crippen LogP contribution in [0.3, 0.4) is 0 Å². The van der Waals surface area contributed by atoms with Crippen molar-refractivity contribution in [3.63, 3.8) is 0 Å². The molecule has 6 atom stereocenters. The molecule has 35 heavy (non-hydrogen) atoms. The number of carbonyl (C=O) groups excluding carboxylic acids is 2. The molecule has 10 heteroatoms. The molecule has 0 amide bonds. The Hall–Kier alpha value is -1.77. The number of hydrogen-bond donors (Lipinski definition) is 1. The number of halogens is 2. The molecule has 4 aliphatic rings. The van der Waals surface area contributed by atoms with Crippen LogP contribution in [0.15, 0.2) is 65.6 Å². The van der Waals surface area contributed by atoms with Gasteiger partial charge in [0.1, 0.15) is 10.6 Å². The van der Waals surface area contributed by atoms with Crippen LogP contribution in [-0.4, -0.2) is 32.0 Å². The molecule has 0 aromatic heterocycles. The van der Waals surface area contributed by atoms with E-state index in [1.807, 2.05) is 36.4 Å². The van der Waals surface area contributed by atoms with Crippen molar-refractivity contribution in [3.8, 4) is 5.75 Å². The van der Waals surface area contributed by atoms with E-state index < -0.39 is 33.9 Å². The molecule has 0 radical (unpaired) electrons. The molecule has 7 nitrogen and oxygen atoms in total. The third-order valence-corrected chi connectivity index (χ3v) is 10.5. The van der Waals surface area contributed by atoms with Crippen LogP contribution in [0.2, 0.25) is 0 Å². The predicted octanol–water partition coefficient (Wildman–Crippen LogP) is 4.71. The highest BCUT2D eigenvalue weighted by Crippen LogP contribution is 2.62. The fraction of sp³-hybridized carbons (Fsp3) is 0.280. The van der Waals surface area contributed by atoms with Gasteiger partial charge < -0.3 is 9.47 Å². The highest BCUT2D eigenvalue weighted by atomic mass is 127. The Bertz CT molecular complexity index is 1380. The molecule has 6 rings (SSSR count). The lowest BCUT2D eigenvalue weighted by Crippen LogP contribution is -2.54. The second-order valence-electron chi connectivity index (χ2n) is 8.79. The Kier molecular flexibility index (Phi) is 6.60. The highest BCUT2D eigenvalue weighted by Gasteiger charge is 2.60. The first kappa shape index (κ1) is 24.9. The largest absolute Gasteiger partial charge is 0.469 e. The van der Waals surface area contributed by atoms with Crippen LogP contribution >= 0.6 is 45.2 Å². The number of benzene rings is 2. The Morgan fingerprint density at radius 2 is 1.37 bits per heavy atom. The Morgan fingerprint density at radius 3 is 1.83 bits per heavy atom. The highest BCUT2D eigenvalue weighted by molar-refractivity contribution is 14.1. The standard InChI is InChI=1S/C25H20I2O7S/c1-33-24(28)21-19-13-6-2-4-8-15(13)20(16-9-5-3-7-14(16)19)22(21)25(29)34-12-10-17(26)23(18(27)11-12)35(30,31)32/h2-11,13,15,19-22H,1H3,(H,30,31,32). The maximum Gasteiger partial charge on any atom is 0.315 e. The average molecular weight is 718 g/mol. The van der Waals surface area contributed by atoms with Crippen molar-refractivity contribution in [1.29, 1.82) is 0 Å². The molecule has 6 unspecified atom stereocenters. The normalized spacial score (nSPS) is 28.2. The molecule has 4 aliphatic carbocycles. The van der Waals surface area contributed by atoms with Crippen molar-refractivity contribution in [2.24, 2.45) is 23.7 Å². The molecule has 1 saturated carbocycles. The fourth-order valence-electron chi connectivity index (χ4n) is 5.95. The van der Waals surface area contributed by atoms with E-state index >= 15 is 0 Å². The summed E-state index contributed by atoms with van der Waals surface area (Å²) in [6.07, 6.45) is 8.15. The third-order valence-electron chi connectivity index (χ3n) is 7.12. The van der Waals surface area contributed by atoms with E-state index in [9.17, 15) is 22.6 Å². The fourth-order valence-corrected chi connectivity index (χ4v) is 9.94. The summed E-state index contributed by atoms with van der Waals surface area (Å²) in [5.74, 6) is -2.82. The quantitative estimate of drug-likeness (QED) is 0.212. The first-order valence-corrected chi connectivity index (χ1v) is 14.4. The molecular weight excluding hydrogens is 698 g/mol. The number of carbonyl (C=O) groups is 2. The van der Waals surface area contributed by atoms with Gasteiger partial charge in [-0.05, 0) is 80.3 Å². The zero-order chi connectivity index (χ0) is 25.1. The third kappa shape index (κ3) is 4.15. The van der Waals surface area contributed by atoms with Gasteiger partial charge in [0.15, 0.2) is 0 Å². The second-order valence-corrected chi connectivity index (χ2v) is 12.5. The summed E-state index contributed by atoms with van der Waals surface area (Å²) in [5.41, 5.74) is 2.09. The van der Waals surface area contributed by atoms with Gasteiger partial charge in [0.2, 0.25) is 0 Å². The van der Waals surface area contributed by atoms with Crippen LogP contribution < -0.4 is 4.74 Å². The molecule has 2 bridgehead atoms. The van der Waals surface area contributed by atoms with E-state index in [1.165, 1.54) is 19.2 Å².